The predicted molar refractivity (Wildman–Crippen MR) is 85.5 cm³/mol. The van der Waals surface area contributed by atoms with Crippen LogP contribution >= 0.6 is 0 Å². The second kappa shape index (κ2) is 7.07. The standard InChI is InChI=1S/C18H24N2O2/c1-13-14(2)22-18(20-13)11-19-17(10-15-8-9-21-12-15)16-6-4-3-5-7-16/h3-7,15,17,19H,8-12H2,1-2H3. The summed E-state index contributed by atoms with van der Waals surface area (Å²) in [5.74, 6) is 2.29. The van der Waals surface area contributed by atoms with Crippen LogP contribution in [0.15, 0.2) is 34.7 Å². The number of hydrogen-bond donors (Lipinski definition) is 1. The van der Waals surface area contributed by atoms with E-state index >= 15 is 0 Å². The quantitative estimate of drug-likeness (QED) is 0.886. The van der Waals surface area contributed by atoms with E-state index in [0.29, 0.717) is 18.5 Å². The average molecular weight is 300 g/mol. The van der Waals surface area contributed by atoms with Crippen LogP contribution in [0.4, 0.5) is 0 Å². The Balaban J connectivity index is 1.67. The normalized spacial score (nSPS) is 19.5. The molecule has 0 saturated carbocycles. The maximum absolute atomic E-state index is 5.67. The van der Waals surface area contributed by atoms with Gasteiger partial charge in [-0.25, -0.2) is 4.98 Å². The molecule has 1 aliphatic rings. The fourth-order valence-electron chi connectivity index (χ4n) is 2.95. The molecule has 2 unspecified atom stereocenters. The van der Waals surface area contributed by atoms with Gasteiger partial charge in [0.05, 0.1) is 12.2 Å². The van der Waals surface area contributed by atoms with Crippen LogP contribution in [0.5, 0.6) is 0 Å². The number of oxazole rings is 1. The zero-order chi connectivity index (χ0) is 15.4. The summed E-state index contributed by atoms with van der Waals surface area (Å²) in [6.07, 6.45) is 2.24. The van der Waals surface area contributed by atoms with E-state index in [2.05, 4.69) is 40.6 Å². The van der Waals surface area contributed by atoms with Crippen molar-refractivity contribution in [1.29, 1.82) is 0 Å². The molecule has 1 fully saturated rings. The van der Waals surface area contributed by atoms with Crippen molar-refractivity contribution in [2.24, 2.45) is 5.92 Å². The third-order valence-corrected chi connectivity index (χ3v) is 4.37. The van der Waals surface area contributed by atoms with Crippen molar-refractivity contribution >= 4 is 0 Å². The molecule has 0 amide bonds. The number of hydrogen-bond acceptors (Lipinski definition) is 4. The zero-order valence-corrected chi connectivity index (χ0v) is 13.3. The molecule has 0 spiro atoms. The first-order valence-corrected chi connectivity index (χ1v) is 8.01. The van der Waals surface area contributed by atoms with Crippen molar-refractivity contribution in [3.8, 4) is 0 Å². The molecule has 2 atom stereocenters. The van der Waals surface area contributed by atoms with Crippen molar-refractivity contribution in [2.75, 3.05) is 13.2 Å². The summed E-state index contributed by atoms with van der Waals surface area (Å²) in [6.45, 7) is 6.36. The maximum Gasteiger partial charge on any atom is 0.208 e. The Morgan fingerprint density at radius 1 is 1.27 bits per heavy atom. The molecule has 4 heteroatoms. The smallest absolute Gasteiger partial charge is 0.208 e. The Morgan fingerprint density at radius 2 is 2.09 bits per heavy atom. The summed E-state index contributed by atoms with van der Waals surface area (Å²) in [5, 5.41) is 3.61. The highest BCUT2D eigenvalue weighted by Gasteiger charge is 2.22. The summed E-state index contributed by atoms with van der Waals surface area (Å²) in [7, 11) is 0. The second-order valence-electron chi connectivity index (χ2n) is 6.06. The lowest BCUT2D eigenvalue weighted by Crippen LogP contribution is -2.24. The van der Waals surface area contributed by atoms with Crippen LogP contribution in [0, 0.1) is 19.8 Å². The van der Waals surface area contributed by atoms with Gasteiger partial charge < -0.3 is 14.5 Å². The molecule has 22 heavy (non-hydrogen) atoms. The molecular formula is C18H24N2O2. The van der Waals surface area contributed by atoms with E-state index in [9.17, 15) is 0 Å². The lowest BCUT2D eigenvalue weighted by Gasteiger charge is -2.21. The summed E-state index contributed by atoms with van der Waals surface area (Å²) < 4.78 is 11.2. The van der Waals surface area contributed by atoms with Gasteiger partial charge in [-0.15, -0.1) is 0 Å². The molecule has 4 nitrogen and oxygen atoms in total. The molecule has 1 saturated heterocycles. The highest BCUT2D eigenvalue weighted by molar-refractivity contribution is 5.19. The van der Waals surface area contributed by atoms with Gasteiger partial charge in [-0.3, -0.25) is 0 Å². The molecule has 1 aliphatic heterocycles. The van der Waals surface area contributed by atoms with Crippen LogP contribution in [-0.4, -0.2) is 18.2 Å². The van der Waals surface area contributed by atoms with Crippen LogP contribution in [0.2, 0.25) is 0 Å². The first-order valence-electron chi connectivity index (χ1n) is 8.01. The van der Waals surface area contributed by atoms with E-state index in [1.165, 1.54) is 5.56 Å². The number of benzene rings is 1. The summed E-state index contributed by atoms with van der Waals surface area (Å²) >= 11 is 0. The maximum atomic E-state index is 5.67. The summed E-state index contributed by atoms with van der Waals surface area (Å²) in [6, 6.07) is 10.9. The van der Waals surface area contributed by atoms with E-state index in [1.54, 1.807) is 0 Å². The van der Waals surface area contributed by atoms with Gasteiger partial charge in [0.1, 0.15) is 5.76 Å². The minimum Gasteiger partial charge on any atom is -0.444 e. The number of ether oxygens (including phenoxy) is 1. The van der Waals surface area contributed by atoms with Gasteiger partial charge >= 0.3 is 0 Å². The van der Waals surface area contributed by atoms with E-state index in [-0.39, 0.29) is 0 Å². The lowest BCUT2D eigenvalue weighted by atomic mass is 9.94. The number of aryl methyl sites for hydroxylation is 2. The van der Waals surface area contributed by atoms with Gasteiger partial charge in [0.25, 0.3) is 0 Å². The van der Waals surface area contributed by atoms with Crippen LogP contribution in [0.25, 0.3) is 0 Å². The zero-order valence-electron chi connectivity index (χ0n) is 13.3. The Bertz CT molecular complexity index is 569. The fourth-order valence-corrected chi connectivity index (χ4v) is 2.95. The average Bonchev–Trinajstić information content (AvgIpc) is 3.15. The third-order valence-electron chi connectivity index (χ3n) is 4.37. The first-order chi connectivity index (χ1) is 10.7. The molecule has 0 radical (unpaired) electrons. The fraction of sp³-hybridized carbons (Fsp3) is 0.500. The van der Waals surface area contributed by atoms with Crippen LogP contribution in [-0.2, 0) is 11.3 Å². The molecule has 1 N–H and O–H groups in total. The van der Waals surface area contributed by atoms with Crippen LogP contribution in [0.1, 0.15) is 41.8 Å². The van der Waals surface area contributed by atoms with Crippen molar-refractivity contribution in [2.45, 2.75) is 39.3 Å². The highest BCUT2D eigenvalue weighted by atomic mass is 16.5. The molecule has 2 heterocycles. The van der Waals surface area contributed by atoms with E-state index in [1.807, 2.05) is 13.8 Å². The molecule has 2 aromatic rings. The number of nitrogens with one attached hydrogen (secondary N) is 1. The van der Waals surface area contributed by atoms with Crippen molar-refractivity contribution < 1.29 is 9.15 Å². The van der Waals surface area contributed by atoms with E-state index in [4.69, 9.17) is 9.15 Å². The summed E-state index contributed by atoms with van der Waals surface area (Å²) in [5.41, 5.74) is 2.28. The minimum atomic E-state index is 0.306. The van der Waals surface area contributed by atoms with Gasteiger partial charge in [0, 0.05) is 19.3 Å². The van der Waals surface area contributed by atoms with Gasteiger partial charge in [-0.2, -0.15) is 0 Å². The highest BCUT2D eigenvalue weighted by Crippen LogP contribution is 2.27. The summed E-state index contributed by atoms with van der Waals surface area (Å²) in [4.78, 5) is 4.45. The monoisotopic (exact) mass is 300 g/mol. The largest absolute Gasteiger partial charge is 0.444 e. The van der Waals surface area contributed by atoms with Crippen LogP contribution in [0.3, 0.4) is 0 Å². The number of nitrogens with zero attached hydrogens (tertiary/aromatic N) is 1. The topological polar surface area (TPSA) is 47.3 Å². The van der Waals surface area contributed by atoms with E-state index < -0.39 is 0 Å². The first kappa shape index (κ1) is 15.3. The van der Waals surface area contributed by atoms with Gasteiger partial charge in [0.2, 0.25) is 5.89 Å². The lowest BCUT2D eigenvalue weighted by molar-refractivity contribution is 0.181. The van der Waals surface area contributed by atoms with Gasteiger partial charge in [0.15, 0.2) is 0 Å². The Hall–Kier alpha value is -1.65. The molecular weight excluding hydrogens is 276 g/mol. The molecule has 118 valence electrons. The molecule has 1 aromatic heterocycles. The van der Waals surface area contributed by atoms with Crippen molar-refractivity contribution in [1.82, 2.24) is 10.3 Å². The van der Waals surface area contributed by atoms with Crippen molar-refractivity contribution in [3.63, 3.8) is 0 Å². The van der Waals surface area contributed by atoms with Gasteiger partial charge in [-0.1, -0.05) is 30.3 Å². The minimum absolute atomic E-state index is 0.306. The number of aromatic nitrogens is 1. The van der Waals surface area contributed by atoms with E-state index in [0.717, 1.165) is 43.4 Å². The Labute approximate surface area is 131 Å². The second-order valence-corrected chi connectivity index (χ2v) is 6.06. The Morgan fingerprint density at radius 3 is 2.73 bits per heavy atom. The third kappa shape index (κ3) is 3.76. The molecule has 0 bridgehead atoms. The Kier molecular flexibility index (Phi) is 4.90. The predicted octanol–water partition coefficient (Wildman–Crippen LogP) is 3.55. The molecule has 0 aliphatic carbocycles. The SMILES string of the molecule is Cc1nc(CNC(CC2CCOC2)c2ccccc2)oc1C. The van der Waals surface area contributed by atoms with Crippen LogP contribution < -0.4 is 5.32 Å². The van der Waals surface area contributed by atoms with Crippen molar-refractivity contribution in [3.05, 3.63) is 53.2 Å². The number of rotatable bonds is 6. The molecule has 1 aromatic carbocycles. The molecule has 3 rings (SSSR count). The van der Waals surface area contributed by atoms with Gasteiger partial charge in [-0.05, 0) is 38.2 Å².